The molecule has 2 N–H and O–H groups in total. The minimum Gasteiger partial charge on any atom is -0.497 e. The quantitative estimate of drug-likeness (QED) is 0.715. The minimum absolute atomic E-state index is 0.0449. The molecule has 25 heavy (non-hydrogen) atoms. The van der Waals surface area contributed by atoms with Crippen LogP contribution in [0.2, 0.25) is 0 Å². The molecule has 2 unspecified atom stereocenters. The number of ether oxygens (including phenoxy) is 1. The highest BCUT2D eigenvalue weighted by Crippen LogP contribution is 2.12. The van der Waals surface area contributed by atoms with Crippen molar-refractivity contribution >= 4 is 27.7 Å². The fourth-order valence-corrected chi connectivity index (χ4v) is 4.12. The van der Waals surface area contributed by atoms with Gasteiger partial charge in [0.1, 0.15) is 11.8 Å². The van der Waals surface area contributed by atoms with Gasteiger partial charge in [0.25, 0.3) is 0 Å². The van der Waals surface area contributed by atoms with Crippen LogP contribution < -0.4 is 15.4 Å². The van der Waals surface area contributed by atoms with E-state index < -0.39 is 27.7 Å². The van der Waals surface area contributed by atoms with Gasteiger partial charge in [0.2, 0.25) is 11.8 Å². The summed E-state index contributed by atoms with van der Waals surface area (Å²) >= 11 is 0. The summed E-state index contributed by atoms with van der Waals surface area (Å²) in [5.74, 6) is -0.0355. The average molecular weight is 366 g/mol. The number of hydrogen-bond acceptors (Lipinski definition) is 5. The Morgan fingerprint density at radius 2 is 1.96 bits per heavy atom. The number of carbonyl (C=O) groups is 2. The average Bonchev–Trinajstić information content (AvgIpc) is 2.91. The molecule has 1 aromatic carbocycles. The van der Waals surface area contributed by atoms with Crippen molar-refractivity contribution < 1.29 is 22.7 Å². The second-order valence-electron chi connectivity index (χ2n) is 5.95. The SMILES string of the molecule is COc1ccc(/C=C/C(=O)NC(C)C(=O)NC2CCS(=O)(=O)C2)cc1. The molecule has 1 heterocycles. The first-order valence-corrected chi connectivity index (χ1v) is 9.74. The minimum atomic E-state index is -3.06. The number of amides is 2. The van der Waals surface area contributed by atoms with Crippen LogP contribution in [0.5, 0.6) is 5.75 Å². The Balaban J connectivity index is 1.82. The number of hydrogen-bond donors (Lipinski definition) is 2. The Morgan fingerprint density at radius 3 is 2.52 bits per heavy atom. The smallest absolute Gasteiger partial charge is 0.244 e. The number of benzene rings is 1. The number of carbonyl (C=O) groups excluding carboxylic acids is 2. The van der Waals surface area contributed by atoms with E-state index in [0.29, 0.717) is 6.42 Å². The summed E-state index contributed by atoms with van der Waals surface area (Å²) in [7, 11) is -1.48. The van der Waals surface area contributed by atoms with Crippen molar-refractivity contribution in [3.8, 4) is 5.75 Å². The fraction of sp³-hybridized carbons (Fsp3) is 0.412. The molecule has 2 rings (SSSR count). The fourth-order valence-electron chi connectivity index (χ4n) is 2.45. The summed E-state index contributed by atoms with van der Waals surface area (Å²) in [5, 5.41) is 5.21. The molecule has 0 bridgehead atoms. The largest absolute Gasteiger partial charge is 0.497 e. The van der Waals surface area contributed by atoms with Gasteiger partial charge < -0.3 is 15.4 Å². The second kappa shape index (κ2) is 8.15. The number of sulfone groups is 1. The van der Waals surface area contributed by atoms with Crippen molar-refractivity contribution in [2.75, 3.05) is 18.6 Å². The Labute approximate surface area is 147 Å². The zero-order chi connectivity index (χ0) is 18.4. The van der Waals surface area contributed by atoms with Crippen molar-refractivity contribution in [3.63, 3.8) is 0 Å². The first kappa shape index (κ1) is 19.0. The summed E-state index contributed by atoms with van der Waals surface area (Å²) in [4.78, 5) is 23.9. The number of nitrogens with one attached hydrogen (secondary N) is 2. The summed E-state index contributed by atoms with van der Waals surface area (Å²) in [6.45, 7) is 1.55. The molecular formula is C17H22N2O5S. The van der Waals surface area contributed by atoms with Crippen molar-refractivity contribution in [2.24, 2.45) is 0 Å². The predicted molar refractivity (Wildman–Crippen MR) is 94.8 cm³/mol. The molecule has 0 aromatic heterocycles. The molecule has 1 aromatic rings. The molecule has 1 aliphatic rings. The van der Waals surface area contributed by atoms with Gasteiger partial charge in [0, 0.05) is 12.1 Å². The van der Waals surface area contributed by atoms with Crippen LogP contribution in [0.3, 0.4) is 0 Å². The highest BCUT2D eigenvalue weighted by molar-refractivity contribution is 7.91. The van der Waals surface area contributed by atoms with Gasteiger partial charge in [-0.05, 0) is 37.1 Å². The zero-order valence-corrected chi connectivity index (χ0v) is 15.0. The number of methoxy groups -OCH3 is 1. The van der Waals surface area contributed by atoms with Gasteiger partial charge >= 0.3 is 0 Å². The molecule has 1 saturated heterocycles. The Hall–Kier alpha value is -2.35. The summed E-state index contributed by atoms with van der Waals surface area (Å²) in [5.41, 5.74) is 0.823. The standard InChI is InChI=1S/C17H22N2O5S/c1-12(17(21)19-14-9-10-25(22,23)11-14)18-16(20)8-5-13-3-6-15(24-2)7-4-13/h3-8,12,14H,9-11H2,1-2H3,(H,18,20)(H,19,21)/b8-5+. The maximum atomic E-state index is 12.0. The molecule has 2 amide bonds. The topological polar surface area (TPSA) is 102 Å². The molecular weight excluding hydrogens is 344 g/mol. The van der Waals surface area contributed by atoms with E-state index >= 15 is 0 Å². The highest BCUT2D eigenvalue weighted by atomic mass is 32.2. The summed E-state index contributed by atoms with van der Waals surface area (Å²) < 4.78 is 27.8. The third-order valence-corrected chi connectivity index (χ3v) is 5.64. The van der Waals surface area contributed by atoms with E-state index in [1.807, 2.05) is 0 Å². The van der Waals surface area contributed by atoms with Gasteiger partial charge in [-0.2, -0.15) is 0 Å². The molecule has 0 saturated carbocycles. The van der Waals surface area contributed by atoms with Crippen molar-refractivity contribution in [1.82, 2.24) is 10.6 Å². The maximum absolute atomic E-state index is 12.0. The van der Waals surface area contributed by atoms with E-state index in [9.17, 15) is 18.0 Å². The third kappa shape index (κ3) is 5.90. The number of rotatable bonds is 6. The second-order valence-corrected chi connectivity index (χ2v) is 8.17. The van der Waals surface area contributed by atoms with E-state index in [1.54, 1.807) is 44.4 Å². The zero-order valence-electron chi connectivity index (χ0n) is 14.2. The van der Waals surface area contributed by atoms with Gasteiger partial charge in [-0.1, -0.05) is 12.1 Å². The Morgan fingerprint density at radius 1 is 1.28 bits per heavy atom. The van der Waals surface area contributed by atoms with Gasteiger partial charge in [0.05, 0.1) is 18.6 Å². The first-order valence-electron chi connectivity index (χ1n) is 7.92. The lowest BCUT2D eigenvalue weighted by Gasteiger charge is -2.16. The van der Waals surface area contributed by atoms with Crippen molar-refractivity contribution in [1.29, 1.82) is 0 Å². The monoisotopic (exact) mass is 366 g/mol. The van der Waals surface area contributed by atoms with E-state index in [0.717, 1.165) is 11.3 Å². The molecule has 8 heteroatoms. The van der Waals surface area contributed by atoms with Crippen LogP contribution >= 0.6 is 0 Å². The van der Waals surface area contributed by atoms with E-state index in [1.165, 1.54) is 6.08 Å². The molecule has 2 atom stereocenters. The van der Waals surface area contributed by atoms with E-state index in [4.69, 9.17) is 4.74 Å². The highest BCUT2D eigenvalue weighted by Gasteiger charge is 2.30. The lowest BCUT2D eigenvalue weighted by Crippen LogP contribution is -2.48. The van der Waals surface area contributed by atoms with E-state index in [-0.39, 0.29) is 17.5 Å². The van der Waals surface area contributed by atoms with Crippen molar-refractivity contribution in [2.45, 2.75) is 25.4 Å². The molecule has 1 aliphatic heterocycles. The Bertz CT molecular complexity index is 756. The normalized spacial score (nSPS) is 20.2. The molecule has 0 radical (unpaired) electrons. The van der Waals surface area contributed by atoms with Crippen LogP contribution in [-0.2, 0) is 19.4 Å². The van der Waals surface area contributed by atoms with Gasteiger partial charge in [-0.15, -0.1) is 0 Å². The Kier molecular flexibility index (Phi) is 6.19. The maximum Gasteiger partial charge on any atom is 0.244 e. The van der Waals surface area contributed by atoms with E-state index in [2.05, 4.69) is 10.6 Å². The summed E-state index contributed by atoms with van der Waals surface area (Å²) in [6, 6.07) is 6.04. The van der Waals surface area contributed by atoms with Crippen LogP contribution in [0.15, 0.2) is 30.3 Å². The molecule has 0 aliphatic carbocycles. The van der Waals surface area contributed by atoms with Gasteiger partial charge in [-0.25, -0.2) is 8.42 Å². The lowest BCUT2D eigenvalue weighted by atomic mass is 10.2. The summed E-state index contributed by atoms with van der Waals surface area (Å²) in [6.07, 6.45) is 3.38. The van der Waals surface area contributed by atoms with Crippen LogP contribution in [0.25, 0.3) is 6.08 Å². The van der Waals surface area contributed by atoms with Crippen LogP contribution in [0, 0.1) is 0 Å². The van der Waals surface area contributed by atoms with Crippen LogP contribution in [0.1, 0.15) is 18.9 Å². The van der Waals surface area contributed by atoms with Crippen molar-refractivity contribution in [3.05, 3.63) is 35.9 Å². The van der Waals surface area contributed by atoms with Crippen LogP contribution in [0.4, 0.5) is 0 Å². The van der Waals surface area contributed by atoms with Gasteiger partial charge in [-0.3, -0.25) is 9.59 Å². The molecule has 7 nitrogen and oxygen atoms in total. The predicted octanol–water partition coefficient (Wildman–Crippen LogP) is 0.516. The molecule has 0 spiro atoms. The first-order chi connectivity index (χ1) is 11.8. The molecule has 136 valence electrons. The van der Waals surface area contributed by atoms with Gasteiger partial charge in [0.15, 0.2) is 9.84 Å². The lowest BCUT2D eigenvalue weighted by molar-refractivity contribution is -0.127. The third-order valence-electron chi connectivity index (χ3n) is 3.87. The molecule has 1 fully saturated rings. The van der Waals surface area contributed by atoms with Crippen LogP contribution in [-0.4, -0.2) is 50.9 Å².